The van der Waals surface area contributed by atoms with Gasteiger partial charge in [-0.3, -0.25) is 4.68 Å². The number of halogens is 1. The molecule has 1 N–H and O–H groups in total. The van der Waals surface area contributed by atoms with Gasteiger partial charge in [0.1, 0.15) is 0 Å². The van der Waals surface area contributed by atoms with E-state index in [0.717, 1.165) is 13.0 Å². The third-order valence-electron chi connectivity index (χ3n) is 3.25. The van der Waals surface area contributed by atoms with Gasteiger partial charge in [0.15, 0.2) is 0 Å². The van der Waals surface area contributed by atoms with E-state index in [1.54, 1.807) is 0 Å². The Morgan fingerprint density at radius 1 is 1.42 bits per heavy atom. The number of likely N-dealkylation sites (N-methyl/N-ethyl adjacent to an activating group) is 1. The van der Waals surface area contributed by atoms with E-state index >= 15 is 0 Å². The molecule has 0 fully saturated rings. The Morgan fingerprint density at radius 3 is 2.79 bits per heavy atom. The lowest BCUT2D eigenvalue weighted by molar-refractivity contribution is 0.549. The third kappa shape index (κ3) is 3.67. The predicted molar refractivity (Wildman–Crippen MR) is 82.2 cm³/mol. The third-order valence-corrected chi connectivity index (χ3v) is 4.10. The van der Waals surface area contributed by atoms with Gasteiger partial charge in [-0.2, -0.15) is 5.10 Å². The quantitative estimate of drug-likeness (QED) is 0.914. The summed E-state index contributed by atoms with van der Waals surface area (Å²) < 4.78 is 3.02. The minimum absolute atomic E-state index is 0.325. The maximum Gasteiger partial charge on any atom is 0.0522 e. The Kier molecular flexibility index (Phi) is 4.77. The maximum atomic E-state index is 4.23. The molecule has 1 atom stereocenters. The Hall–Kier alpha value is -1.13. The molecular weight excluding hydrogens is 302 g/mol. The van der Waals surface area contributed by atoms with Gasteiger partial charge in [-0.25, -0.2) is 0 Å². The van der Waals surface area contributed by atoms with Crippen LogP contribution < -0.4 is 5.32 Å². The van der Waals surface area contributed by atoms with Crippen LogP contribution in [-0.4, -0.2) is 16.3 Å². The molecule has 1 aromatic carbocycles. The summed E-state index contributed by atoms with van der Waals surface area (Å²) in [7, 11) is 1.95. The molecular formula is C15H20BrN3. The van der Waals surface area contributed by atoms with Gasteiger partial charge in [-0.05, 0) is 42.6 Å². The molecule has 19 heavy (non-hydrogen) atoms. The molecule has 3 nitrogen and oxygen atoms in total. The number of nitrogens with one attached hydrogen (secondary N) is 1. The summed E-state index contributed by atoms with van der Waals surface area (Å²) in [6.45, 7) is 5.20. The molecule has 0 spiro atoms. The lowest BCUT2D eigenvalue weighted by atomic mass is 9.99. The van der Waals surface area contributed by atoms with Crippen molar-refractivity contribution in [3.8, 4) is 0 Å². The van der Waals surface area contributed by atoms with Crippen LogP contribution in [0.2, 0.25) is 0 Å². The Labute approximate surface area is 123 Å². The van der Waals surface area contributed by atoms with E-state index in [1.807, 2.05) is 17.9 Å². The summed E-state index contributed by atoms with van der Waals surface area (Å²) in [6.07, 6.45) is 4.97. The first-order valence-corrected chi connectivity index (χ1v) is 7.36. The Morgan fingerprint density at radius 2 is 2.21 bits per heavy atom. The van der Waals surface area contributed by atoms with Gasteiger partial charge in [0.25, 0.3) is 0 Å². The molecule has 4 heteroatoms. The molecule has 0 saturated heterocycles. The number of aromatic nitrogens is 2. The van der Waals surface area contributed by atoms with Crippen molar-refractivity contribution >= 4 is 15.9 Å². The number of hydrogen-bond acceptors (Lipinski definition) is 2. The number of nitrogens with zero attached hydrogens (tertiary/aromatic N) is 2. The van der Waals surface area contributed by atoms with Crippen molar-refractivity contribution in [2.75, 3.05) is 6.54 Å². The van der Waals surface area contributed by atoms with Crippen LogP contribution in [0.3, 0.4) is 0 Å². The summed E-state index contributed by atoms with van der Waals surface area (Å²) in [5, 5.41) is 7.78. The van der Waals surface area contributed by atoms with Gasteiger partial charge < -0.3 is 5.32 Å². The second-order valence-corrected chi connectivity index (χ2v) is 5.70. The van der Waals surface area contributed by atoms with Crippen LogP contribution >= 0.6 is 15.9 Å². The van der Waals surface area contributed by atoms with Gasteiger partial charge in [0.2, 0.25) is 0 Å². The van der Waals surface area contributed by atoms with Crippen molar-refractivity contribution < 1.29 is 0 Å². The molecule has 0 radical (unpaired) electrons. The van der Waals surface area contributed by atoms with Crippen LogP contribution in [0.25, 0.3) is 0 Å². The maximum absolute atomic E-state index is 4.23. The van der Waals surface area contributed by atoms with E-state index in [1.165, 1.54) is 21.2 Å². The summed E-state index contributed by atoms with van der Waals surface area (Å²) >= 11 is 3.61. The van der Waals surface area contributed by atoms with Crippen molar-refractivity contribution in [3.05, 3.63) is 51.8 Å². The Balaban J connectivity index is 2.21. The van der Waals surface area contributed by atoms with Crippen LogP contribution in [0.4, 0.5) is 0 Å². The topological polar surface area (TPSA) is 29.9 Å². The molecule has 0 aliphatic heterocycles. The van der Waals surface area contributed by atoms with Crippen LogP contribution in [-0.2, 0) is 13.5 Å². The van der Waals surface area contributed by atoms with Crippen molar-refractivity contribution in [3.63, 3.8) is 0 Å². The first-order chi connectivity index (χ1) is 9.10. The average molecular weight is 322 g/mol. The summed E-state index contributed by atoms with van der Waals surface area (Å²) in [4.78, 5) is 0. The number of hydrogen-bond donors (Lipinski definition) is 1. The van der Waals surface area contributed by atoms with E-state index in [0.29, 0.717) is 6.04 Å². The highest BCUT2D eigenvalue weighted by molar-refractivity contribution is 9.10. The molecule has 0 aliphatic carbocycles. The molecule has 102 valence electrons. The first-order valence-electron chi connectivity index (χ1n) is 6.57. The molecule has 0 saturated carbocycles. The fourth-order valence-electron chi connectivity index (χ4n) is 2.19. The summed E-state index contributed by atoms with van der Waals surface area (Å²) in [5.74, 6) is 0. The Bertz CT molecular complexity index is 548. The van der Waals surface area contributed by atoms with E-state index in [9.17, 15) is 0 Å². The molecule has 0 aliphatic rings. The second-order valence-electron chi connectivity index (χ2n) is 4.85. The van der Waals surface area contributed by atoms with Gasteiger partial charge in [-0.1, -0.05) is 35.0 Å². The zero-order chi connectivity index (χ0) is 13.8. The van der Waals surface area contributed by atoms with Gasteiger partial charge in [0, 0.05) is 23.8 Å². The zero-order valence-corrected chi connectivity index (χ0v) is 13.2. The van der Waals surface area contributed by atoms with Gasteiger partial charge in [0.05, 0.1) is 6.20 Å². The average Bonchev–Trinajstić information content (AvgIpc) is 2.78. The van der Waals surface area contributed by atoms with Crippen molar-refractivity contribution in [1.82, 2.24) is 15.1 Å². The largest absolute Gasteiger partial charge is 0.310 e. The smallest absolute Gasteiger partial charge is 0.0522 e. The van der Waals surface area contributed by atoms with Crippen molar-refractivity contribution in [2.45, 2.75) is 26.3 Å². The lowest BCUT2D eigenvalue weighted by Crippen LogP contribution is -2.22. The highest BCUT2D eigenvalue weighted by Crippen LogP contribution is 2.24. The highest BCUT2D eigenvalue weighted by atomic mass is 79.9. The van der Waals surface area contributed by atoms with Crippen LogP contribution in [0, 0.1) is 6.92 Å². The van der Waals surface area contributed by atoms with Crippen LogP contribution in [0.1, 0.15) is 29.7 Å². The lowest BCUT2D eigenvalue weighted by Gasteiger charge is -2.18. The van der Waals surface area contributed by atoms with E-state index in [4.69, 9.17) is 0 Å². The molecule has 1 aromatic heterocycles. The SMILES string of the molecule is CCNC(Cc1cnn(C)c1)c1ccc(C)c(Br)c1. The molecule has 2 aromatic rings. The normalized spacial score (nSPS) is 12.6. The minimum Gasteiger partial charge on any atom is -0.310 e. The minimum atomic E-state index is 0.325. The van der Waals surface area contributed by atoms with E-state index < -0.39 is 0 Å². The fraction of sp³-hybridized carbons (Fsp3) is 0.400. The molecule has 0 amide bonds. The molecule has 0 bridgehead atoms. The summed E-state index contributed by atoms with van der Waals surface area (Å²) in [5.41, 5.74) is 3.83. The van der Waals surface area contributed by atoms with E-state index in [-0.39, 0.29) is 0 Å². The molecule has 1 unspecified atom stereocenters. The molecule has 1 heterocycles. The second kappa shape index (κ2) is 6.35. The monoisotopic (exact) mass is 321 g/mol. The zero-order valence-electron chi connectivity index (χ0n) is 11.7. The van der Waals surface area contributed by atoms with Crippen molar-refractivity contribution in [1.29, 1.82) is 0 Å². The number of benzene rings is 1. The molecule has 2 rings (SSSR count). The van der Waals surface area contributed by atoms with Crippen LogP contribution in [0.5, 0.6) is 0 Å². The van der Waals surface area contributed by atoms with Crippen LogP contribution in [0.15, 0.2) is 35.1 Å². The number of rotatable bonds is 5. The van der Waals surface area contributed by atoms with Crippen molar-refractivity contribution in [2.24, 2.45) is 7.05 Å². The summed E-state index contributed by atoms with van der Waals surface area (Å²) in [6, 6.07) is 6.89. The van der Waals surface area contributed by atoms with Gasteiger partial charge in [-0.15, -0.1) is 0 Å². The predicted octanol–water partition coefficient (Wildman–Crippen LogP) is 3.38. The fourth-order valence-corrected chi connectivity index (χ4v) is 2.59. The van der Waals surface area contributed by atoms with E-state index in [2.05, 4.69) is 64.6 Å². The standard InChI is InChI=1S/C15H20BrN3/c1-4-17-15(7-12-9-18-19(3)10-12)13-6-5-11(2)14(16)8-13/h5-6,8-10,15,17H,4,7H2,1-3H3. The number of aryl methyl sites for hydroxylation is 2. The first kappa shape index (κ1) is 14.3. The van der Waals surface area contributed by atoms with Gasteiger partial charge >= 0.3 is 0 Å². The highest BCUT2D eigenvalue weighted by Gasteiger charge is 2.13.